The number of esters is 1. The molecule has 7 heteroatoms. The summed E-state index contributed by atoms with van der Waals surface area (Å²) in [5, 5.41) is 0.0625. The highest BCUT2D eigenvalue weighted by Crippen LogP contribution is 2.29. The van der Waals surface area contributed by atoms with E-state index in [0.29, 0.717) is 0 Å². The molecule has 0 aliphatic rings. The molecule has 0 unspecified atom stereocenters. The van der Waals surface area contributed by atoms with Crippen LogP contribution in [-0.4, -0.2) is 17.6 Å². The number of hydrogen-bond acceptors (Lipinski definition) is 3. The zero-order valence-electron chi connectivity index (χ0n) is 8.84. The van der Waals surface area contributed by atoms with E-state index in [9.17, 15) is 13.6 Å². The van der Waals surface area contributed by atoms with Crippen molar-refractivity contribution in [3.8, 4) is 0 Å². The van der Waals surface area contributed by atoms with E-state index in [2.05, 4.69) is 9.72 Å². The van der Waals surface area contributed by atoms with E-state index >= 15 is 0 Å². The second-order valence-corrected chi connectivity index (χ2v) is 3.67. The third-order valence-electron chi connectivity index (χ3n) is 1.98. The summed E-state index contributed by atoms with van der Waals surface area (Å²) < 4.78 is 30.1. The maximum atomic E-state index is 12.7. The smallest absolute Gasteiger partial charge is 0.340 e. The fourth-order valence-electron chi connectivity index (χ4n) is 1.27. The zero-order valence-corrected chi connectivity index (χ0v) is 10.4. The van der Waals surface area contributed by atoms with Crippen LogP contribution in [0.25, 0.3) is 0 Å². The van der Waals surface area contributed by atoms with Crippen LogP contribution in [0.15, 0.2) is 6.20 Å². The Balaban J connectivity index is 3.38. The van der Waals surface area contributed by atoms with Crippen LogP contribution < -0.4 is 0 Å². The fraction of sp³-hybridized carbons (Fsp3) is 0.400. The summed E-state index contributed by atoms with van der Waals surface area (Å²) in [5.41, 5.74) is -0.898. The normalized spacial score (nSPS) is 10.7. The Hall–Kier alpha value is -0.940. The molecule has 0 aromatic carbocycles. The van der Waals surface area contributed by atoms with Crippen LogP contribution in [-0.2, 0) is 10.6 Å². The lowest BCUT2D eigenvalue weighted by atomic mass is 10.1. The molecule has 0 bridgehead atoms. The summed E-state index contributed by atoms with van der Waals surface area (Å²) in [4.78, 5) is 15.0. The topological polar surface area (TPSA) is 39.2 Å². The predicted molar refractivity (Wildman–Crippen MR) is 59.7 cm³/mol. The quantitative estimate of drug-likeness (QED) is 0.626. The van der Waals surface area contributed by atoms with Crippen molar-refractivity contribution in [1.29, 1.82) is 0 Å². The molecule has 0 saturated heterocycles. The number of carbonyl (C=O) groups excluding carboxylic acids is 1. The standard InChI is InChI=1S/C10H9Cl2F2NO2/c1-2-17-10(16)7-5(3-11)6(12)4-15-8(7)9(13)14/h4,9H,2-3H2,1H3. The van der Waals surface area contributed by atoms with E-state index in [1.807, 2.05) is 0 Å². The summed E-state index contributed by atoms with van der Waals surface area (Å²) in [5.74, 6) is -1.07. The molecule has 1 rings (SSSR count). The minimum atomic E-state index is -2.89. The molecule has 17 heavy (non-hydrogen) atoms. The SMILES string of the molecule is CCOC(=O)c1c(C(F)F)ncc(Cl)c1CCl. The summed E-state index contributed by atoms with van der Waals surface area (Å²) in [6.45, 7) is 1.63. The second kappa shape index (κ2) is 6.12. The van der Waals surface area contributed by atoms with Crippen LogP contribution in [0, 0.1) is 0 Å². The van der Waals surface area contributed by atoms with Crippen molar-refractivity contribution < 1.29 is 18.3 Å². The van der Waals surface area contributed by atoms with Crippen LogP contribution in [0.4, 0.5) is 8.78 Å². The number of halogens is 4. The third kappa shape index (κ3) is 3.04. The lowest BCUT2D eigenvalue weighted by molar-refractivity contribution is 0.0512. The predicted octanol–water partition coefficient (Wildman–Crippen LogP) is 3.59. The molecule has 1 heterocycles. The molecular formula is C10H9Cl2F2NO2. The van der Waals surface area contributed by atoms with Crippen molar-refractivity contribution in [1.82, 2.24) is 4.98 Å². The maximum Gasteiger partial charge on any atom is 0.340 e. The maximum absolute atomic E-state index is 12.7. The van der Waals surface area contributed by atoms with Gasteiger partial charge in [0.15, 0.2) is 0 Å². The Morgan fingerprint density at radius 2 is 2.24 bits per heavy atom. The molecule has 0 spiro atoms. The molecule has 0 amide bonds. The molecular weight excluding hydrogens is 275 g/mol. The van der Waals surface area contributed by atoms with Crippen molar-refractivity contribution in [3.05, 3.63) is 28.0 Å². The van der Waals surface area contributed by atoms with Gasteiger partial charge in [0.05, 0.1) is 17.2 Å². The molecule has 0 saturated carbocycles. The highest BCUT2D eigenvalue weighted by atomic mass is 35.5. The first-order chi connectivity index (χ1) is 8.02. The minimum Gasteiger partial charge on any atom is -0.462 e. The van der Waals surface area contributed by atoms with Gasteiger partial charge in [-0.15, -0.1) is 11.6 Å². The lowest BCUT2D eigenvalue weighted by Gasteiger charge is -2.12. The summed E-state index contributed by atoms with van der Waals surface area (Å²) in [6.07, 6.45) is -1.85. The second-order valence-electron chi connectivity index (χ2n) is 3.00. The first kappa shape index (κ1) is 14.1. The van der Waals surface area contributed by atoms with Gasteiger partial charge >= 0.3 is 5.97 Å². The molecule has 0 atom stereocenters. The van der Waals surface area contributed by atoms with E-state index < -0.39 is 18.1 Å². The molecule has 0 aliphatic carbocycles. The van der Waals surface area contributed by atoms with Gasteiger partial charge in [0.1, 0.15) is 5.69 Å². The summed E-state index contributed by atoms with van der Waals surface area (Å²) >= 11 is 11.3. The Morgan fingerprint density at radius 3 is 2.71 bits per heavy atom. The van der Waals surface area contributed by atoms with E-state index in [1.54, 1.807) is 6.92 Å². The third-order valence-corrected chi connectivity index (χ3v) is 2.58. The molecule has 1 aromatic rings. The van der Waals surface area contributed by atoms with Crippen LogP contribution in [0.1, 0.15) is 35.0 Å². The van der Waals surface area contributed by atoms with Crippen LogP contribution in [0.5, 0.6) is 0 Å². The number of pyridine rings is 1. The van der Waals surface area contributed by atoms with Gasteiger partial charge in [0.2, 0.25) is 0 Å². The van der Waals surface area contributed by atoms with Gasteiger partial charge < -0.3 is 4.74 Å². The van der Waals surface area contributed by atoms with E-state index in [1.165, 1.54) is 0 Å². The van der Waals surface area contributed by atoms with Crippen LogP contribution in [0.2, 0.25) is 5.02 Å². The van der Waals surface area contributed by atoms with Gasteiger partial charge in [-0.25, -0.2) is 13.6 Å². The molecule has 94 valence electrons. The highest BCUT2D eigenvalue weighted by Gasteiger charge is 2.26. The first-order valence-electron chi connectivity index (χ1n) is 4.71. The van der Waals surface area contributed by atoms with Crippen LogP contribution >= 0.6 is 23.2 Å². The van der Waals surface area contributed by atoms with Crippen molar-refractivity contribution in [3.63, 3.8) is 0 Å². The van der Waals surface area contributed by atoms with E-state index in [0.717, 1.165) is 6.20 Å². The number of ether oxygens (including phenoxy) is 1. The van der Waals surface area contributed by atoms with Gasteiger partial charge in [-0.2, -0.15) is 0 Å². The Labute approximate surface area is 107 Å². The van der Waals surface area contributed by atoms with Gasteiger partial charge in [-0.05, 0) is 6.92 Å². The van der Waals surface area contributed by atoms with Gasteiger partial charge in [0, 0.05) is 17.6 Å². The van der Waals surface area contributed by atoms with Crippen LogP contribution in [0.3, 0.4) is 0 Å². The highest BCUT2D eigenvalue weighted by molar-refractivity contribution is 6.32. The monoisotopic (exact) mass is 283 g/mol. The average molecular weight is 284 g/mol. The Bertz CT molecular complexity index is 427. The van der Waals surface area contributed by atoms with Gasteiger partial charge in [0.25, 0.3) is 6.43 Å². The number of hydrogen-bond donors (Lipinski definition) is 0. The molecule has 0 radical (unpaired) electrons. The first-order valence-corrected chi connectivity index (χ1v) is 5.62. The lowest BCUT2D eigenvalue weighted by Crippen LogP contribution is -2.13. The molecule has 3 nitrogen and oxygen atoms in total. The van der Waals surface area contributed by atoms with Gasteiger partial charge in [-0.1, -0.05) is 11.6 Å². The average Bonchev–Trinajstić information content (AvgIpc) is 2.28. The molecule has 0 N–H and O–H groups in total. The van der Waals surface area contributed by atoms with Crippen molar-refractivity contribution in [2.75, 3.05) is 6.61 Å². The number of alkyl halides is 3. The van der Waals surface area contributed by atoms with Crippen molar-refractivity contribution >= 4 is 29.2 Å². The number of carbonyl (C=O) groups is 1. The number of rotatable bonds is 4. The minimum absolute atomic E-state index is 0.0625. The fourth-order valence-corrected chi connectivity index (χ4v) is 1.83. The summed E-state index contributed by atoms with van der Waals surface area (Å²) in [6, 6.07) is 0. The largest absolute Gasteiger partial charge is 0.462 e. The van der Waals surface area contributed by atoms with E-state index in [-0.39, 0.29) is 28.6 Å². The molecule has 0 aliphatic heterocycles. The van der Waals surface area contributed by atoms with E-state index in [4.69, 9.17) is 23.2 Å². The molecule has 0 fully saturated rings. The Kier molecular flexibility index (Phi) is 5.08. The van der Waals surface area contributed by atoms with Gasteiger partial charge in [-0.3, -0.25) is 4.98 Å². The number of aromatic nitrogens is 1. The summed E-state index contributed by atoms with van der Waals surface area (Å²) in [7, 11) is 0. The Morgan fingerprint density at radius 1 is 1.59 bits per heavy atom. The van der Waals surface area contributed by atoms with Crippen molar-refractivity contribution in [2.24, 2.45) is 0 Å². The zero-order chi connectivity index (χ0) is 13.0. The number of nitrogens with zero attached hydrogens (tertiary/aromatic N) is 1. The molecule has 1 aromatic heterocycles. The van der Waals surface area contributed by atoms with Crippen molar-refractivity contribution in [2.45, 2.75) is 19.2 Å².